The van der Waals surface area contributed by atoms with Crippen LogP contribution in [0.15, 0.2) is 0 Å². The number of carbonyl (C=O) groups excluding carboxylic acids is 1. The average molecular weight is 196 g/mol. The molecule has 1 aliphatic carbocycles. The molecule has 0 aromatic carbocycles. The third-order valence-electron chi connectivity index (χ3n) is 2.60. The Morgan fingerprint density at radius 2 is 2.07 bits per heavy atom. The van der Waals surface area contributed by atoms with E-state index >= 15 is 0 Å². The fourth-order valence-electron chi connectivity index (χ4n) is 1.75. The number of ether oxygens (including phenoxy) is 1. The quantitative estimate of drug-likeness (QED) is 0.388. The van der Waals surface area contributed by atoms with E-state index in [0.29, 0.717) is 0 Å². The van der Waals surface area contributed by atoms with Crippen molar-refractivity contribution >= 4 is 5.97 Å². The van der Waals surface area contributed by atoms with Crippen molar-refractivity contribution in [3.63, 3.8) is 0 Å². The number of carbonyl (C=O) groups is 1. The topological polar surface area (TPSA) is 46.5 Å². The van der Waals surface area contributed by atoms with Gasteiger partial charge < -0.3 is 9.84 Å². The van der Waals surface area contributed by atoms with Crippen LogP contribution < -0.4 is 0 Å². The van der Waals surface area contributed by atoms with Gasteiger partial charge in [0.1, 0.15) is 6.10 Å². The van der Waals surface area contributed by atoms with Crippen molar-refractivity contribution < 1.29 is 14.6 Å². The van der Waals surface area contributed by atoms with Gasteiger partial charge >= 0.3 is 5.97 Å². The molecule has 3 nitrogen and oxygen atoms in total. The van der Waals surface area contributed by atoms with Crippen molar-refractivity contribution in [1.82, 2.24) is 0 Å². The van der Waals surface area contributed by atoms with Crippen molar-refractivity contribution in [2.45, 2.75) is 38.2 Å². The fourth-order valence-corrected chi connectivity index (χ4v) is 1.75. The summed E-state index contributed by atoms with van der Waals surface area (Å²) in [6, 6.07) is 0. The maximum atomic E-state index is 10.7. The summed E-state index contributed by atoms with van der Waals surface area (Å²) in [5.74, 6) is 4.46. The van der Waals surface area contributed by atoms with Gasteiger partial charge in [-0.05, 0) is 18.8 Å². The standard InChI is InChI=1S/C11H16O3/c1-14-11(13)8-7-10(12)9-5-3-2-4-6-9/h9-10,12H,2-6H2,1H3. The van der Waals surface area contributed by atoms with Crippen LogP contribution in [0.3, 0.4) is 0 Å². The van der Waals surface area contributed by atoms with Gasteiger partial charge in [0.2, 0.25) is 0 Å². The number of aliphatic hydroxyl groups excluding tert-OH is 1. The molecule has 1 rings (SSSR count). The van der Waals surface area contributed by atoms with Gasteiger partial charge in [-0.15, -0.1) is 0 Å². The summed E-state index contributed by atoms with van der Waals surface area (Å²) in [7, 11) is 1.28. The zero-order valence-corrected chi connectivity index (χ0v) is 8.45. The Kier molecular flexibility index (Phi) is 4.48. The van der Waals surface area contributed by atoms with Crippen LogP contribution in [-0.4, -0.2) is 24.3 Å². The first-order valence-corrected chi connectivity index (χ1v) is 5.01. The summed E-state index contributed by atoms with van der Waals surface area (Å²) in [5, 5.41) is 9.64. The first-order valence-electron chi connectivity index (χ1n) is 5.01. The summed E-state index contributed by atoms with van der Waals surface area (Å²) in [4.78, 5) is 10.7. The van der Waals surface area contributed by atoms with E-state index in [1.54, 1.807) is 0 Å². The summed E-state index contributed by atoms with van der Waals surface area (Å²) in [6.07, 6.45) is 4.90. The van der Waals surface area contributed by atoms with E-state index in [1.165, 1.54) is 13.5 Å². The second-order valence-electron chi connectivity index (χ2n) is 3.60. The molecule has 1 aliphatic rings. The molecular weight excluding hydrogens is 180 g/mol. The second-order valence-corrected chi connectivity index (χ2v) is 3.60. The van der Waals surface area contributed by atoms with E-state index in [9.17, 15) is 9.90 Å². The lowest BCUT2D eigenvalue weighted by molar-refractivity contribution is -0.133. The molecule has 0 heterocycles. The van der Waals surface area contributed by atoms with E-state index in [0.717, 1.165) is 25.7 Å². The number of hydrogen-bond acceptors (Lipinski definition) is 3. The van der Waals surface area contributed by atoms with Gasteiger partial charge in [0.15, 0.2) is 0 Å². The van der Waals surface area contributed by atoms with Crippen LogP contribution in [0, 0.1) is 17.8 Å². The van der Waals surface area contributed by atoms with E-state index in [4.69, 9.17) is 0 Å². The minimum absolute atomic E-state index is 0.237. The van der Waals surface area contributed by atoms with E-state index < -0.39 is 12.1 Å². The predicted molar refractivity (Wildman–Crippen MR) is 52.4 cm³/mol. The van der Waals surface area contributed by atoms with Crippen LogP contribution in [-0.2, 0) is 9.53 Å². The Morgan fingerprint density at radius 1 is 1.43 bits per heavy atom. The number of esters is 1. The maximum Gasteiger partial charge on any atom is 0.384 e. The molecule has 78 valence electrons. The summed E-state index contributed by atoms with van der Waals surface area (Å²) in [5.41, 5.74) is 0. The average Bonchev–Trinajstić information content (AvgIpc) is 2.26. The van der Waals surface area contributed by atoms with Crippen LogP contribution in [0.5, 0.6) is 0 Å². The molecule has 0 aromatic heterocycles. The minimum Gasteiger partial charge on any atom is -0.459 e. The Morgan fingerprint density at radius 3 is 2.64 bits per heavy atom. The van der Waals surface area contributed by atoms with Crippen molar-refractivity contribution in [2.75, 3.05) is 7.11 Å². The van der Waals surface area contributed by atoms with Crippen LogP contribution in [0.2, 0.25) is 0 Å². The molecule has 0 radical (unpaired) electrons. The molecule has 1 atom stereocenters. The van der Waals surface area contributed by atoms with Gasteiger partial charge in [-0.2, -0.15) is 0 Å². The summed E-state index contributed by atoms with van der Waals surface area (Å²) in [6.45, 7) is 0. The zero-order chi connectivity index (χ0) is 10.4. The highest BCUT2D eigenvalue weighted by Crippen LogP contribution is 2.25. The molecule has 1 saturated carbocycles. The maximum absolute atomic E-state index is 10.7. The number of methoxy groups -OCH3 is 1. The zero-order valence-electron chi connectivity index (χ0n) is 8.45. The highest BCUT2D eigenvalue weighted by atomic mass is 16.5. The minimum atomic E-state index is -0.672. The third-order valence-corrected chi connectivity index (χ3v) is 2.60. The van der Waals surface area contributed by atoms with Gasteiger partial charge in [-0.3, -0.25) is 0 Å². The molecule has 0 bridgehead atoms. The molecule has 1 N–H and O–H groups in total. The molecule has 0 aliphatic heterocycles. The Bertz CT molecular complexity index is 243. The predicted octanol–water partition coefficient (Wildman–Crippen LogP) is 1.10. The first-order chi connectivity index (χ1) is 6.74. The summed E-state index contributed by atoms with van der Waals surface area (Å²) >= 11 is 0. The molecule has 1 unspecified atom stereocenters. The Hall–Kier alpha value is -1.01. The normalized spacial score (nSPS) is 19.3. The van der Waals surface area contributed by atoms with Crippen molar-refractivity contribution in [1.29, 1.82) is 0 Å². The number of hydrogen-bond donors (Lipinski definition) is 1. The van der Waals surface area contributed by atoms with E-state index in [1.807, 2.05) is 0 Å². The van der Waals surface area contributed by atoms with Gasteiger partial charge in [-0.1, -0.05) is 25.2 Å². The number of rotatable bonds is 1. The third kappa shape index (κ3) is 3.39. The highest BCUT2D eigenvalue weighted by Gasteiger charge is 2.19. The lowest BCUT2D eigenvalue weighted by Gasteiger charge is -2.22. The van der Waals surface area contributed by atoms with Crippen molar-refractivity contribution in [3.05, 3.63) is 0 Å². The Labute approximate surface area is 84.5 Å². The fraction of sp³-hybridized carbons (Fsp3) is 0.727. The second kappa shape index (κ2) is 5.66. The smallest absolute Gasteiger partial charge is 0.384 e. The van der Waals surface area contributed by atoms with Gasteiger partial charge in [0, 0.05) is 5.92 Å². The molecular formula is C11H16O3. The monoisotopic (exact) mass is 196 g/mol. The van der Waals surface area contributed by atoms with Gasteiger partial charge in [0.05, 0.1) is 7.11 Å². The van der Waals surface area contributed by atoms with Gasteiger partial charge in [0.25, 0.3) is 0 Å². The molecule has 0 saturated heterocycles. The largest absolute Gasteiger partial charge is 0.459 e. The summed E-state index contributed by atoms with van der Waals surface area (Å²) < 4.78 is 4.36. The van der Waals surface area contributed by atoms with E-state index in [-0.39, 0.29) is 5.92 Å². The lowest BCUT2D eigenvalue weighted by Crippen LogP contribution is -2.21. The van der Waals surface area contributed by atoms with Crippen LogP contribution in [0.25, 0.3) is 0 Å². The highest BCUT2D eigenvalue weighted by molar-refractivity contribution is 5.88. The molecule has 1 fully saturated rings. The molecule has 0 aromatic rings. The first kappa shape index (κ1) is 11.1. The van der Waals surface area contributed by atoms with Crippen LogP contribution in [0.1, 0.15) is 32.1 Å². The van der Waals surface area contributed by atoms with Crippen LogP contribution in [0.4, 0.5) is 0 Å². The van der Waals surface area contributed by atoms with Gasteiger partial charge in [-0.25, -0.2) is 4.79 Å². The molecule has 3 heteroatoms. The SMILES string of the molecule is COC(=O)C#CC(O)C1CCCCC1. The van der Waals surface area contributed by atoms with E-state index in [2.05, 4.69) is 16.6 Å². The van der Waals surface area contributed by atoms with Crippen LogP contribution >= 0.6 is 0 Å². The number of aliphatic hydroxyl groups is 1. The van der Waals surface area contributed by atoms with Crippen molar-refractivity contribution in [2.24, 2.45) is 5.92 Å². The molecule has 0 amide bonds. The van der Waals surface area contributed by atoms with Crippen molar-refractivity contribution in [3.8, 4) is 11.8 Å². The molecule has 14 heavy (non-hydrogen) atoms. The Balaban J connectivity index is 2.42. The molecule has 0 spiro atoms. The lowest BCUT2D eigenvalue weighted by atomic mass is 9.85.